The second kappa shape index (κ2) is 8.49. The highest BCUT2D eigenvalue weighted by atomic mass is 16.6. The minimum Gasteiger partial charge on any atom is -0.490 e. The highest BCUT2D eigenvalue weighted by molar-refractivity contribution is 5.92. The van der Waals surface area contributed by atoms with Crippen LogP contribution in [0.1, 0.15) is 22.6 Å². The molecule has 0 N–H and O–H groups in total. The van der Waals surface area contributed by atoms with Crippen molar-refractivity contribution >= 4 is 27.7 Å². The molecule has 0 amide bonds. The molecule has 7 heteroatoms. The maximum absolute atomic E-state index is 13.0. The van der Waals surface area contributed by atoms with E-state index in [2.05, 4.69) is 0 Å². The van der Waals surface area contributed by atoms with Crippen LogP contribution in [0, 0.1) is 13.8 Å². The summed E-state index contributed by atoms with van der Waals surface area (Å²) < 4.78 is 34.4. The van der Waals surface area contributed by atoms with Gasteiger partial charge in [0.2, 0.25) is 0 Å². The SMILES string of the molecule is Cc1c(CC(=O)Cc2oc3cccc(OC[C@@H]4CO4)c3c2C)oc2cccc(OC[C@@H]3CO3)c12. The van der Waals surface area contributed by atoms with Gasteiger partial charge in [0.25, 0.3) is 0 Å². The molecule has 2 fully saturated rings. The van der Waals surface area contributed by atoms with E-state index >= 15 is 0 Å². The van der Waals surface area contributed by atoms with Crippen LogP contribution < -0.4 is 9.47 Å². The molecule has 6 rings (SSSR count). The minimum absolute atomic E-state index is 0.0204. The number of carbonyl (C=O) groups is 1. The van der Waals surface area contributed by atoms with Gasteiger partial charge in [-0.05, 0) is 38.1 Å². The zero-order valence-corrected chi connectivity index (χ0v) is 19.2. The third-order valence-electron chi connectivity index (χ3n) is 6.40. The van der Waals surface area contributed by atoms with Crippen molar-refractivity contribution in [2.75, 3.05) is 26.4 Å². The van der Waals surface area contributed by atoms with Gasteiger partial charge >= 0.3 is 0 Å². The first-order chi connectivity index (χ1) is 16.6. The van der Waals surface area contributed by atoms with Crippen LogP contribution in [0.15, 0.2) is 45.2 Å². The van der Waals surface area contributed by atoms with E-state index in [1.807, 2.05) is 50.2 Å². The summed E-state index contributed by atoms with van der Waals surface area (Å²) in [5, 5.41) is 1.82. The van der Waals surface area contributed by atoms with Crippen LogP contribution in [0.4, 0.5) is 0 Å². The van der Waals surface area contributed by atoms with Gasteiger partial charge in [0, 0.05) is 11.1 Å². The Labute approximate surface area is 196 Å². The van der Waals surface area contributed by atoms with Gasteiger partial charge in [-0.15, -0.1) is 0 Å². The van der Waals surface area contributed by atoms with E-state index in [-0.39, 0.29) is 30.8 Å². The third-order valence-corrected chi connectivity index (χ3v) is 6.40. The van der Waals surface area contributed by atoms with Crippen LogP contribution in [0.5, 0.6) is 11.5 Å². The second-order valence-electron chi connectivity index (χ2n) is 8.98. The van der Waals surface area contributed by atoms with Crippen LogP contribution in [-0.2, 0) is 27.1 Å². The topological polar surface area (TPSA) is 86.9 Å². The second-order valence-corrected chi connectivity index (χ2v) is 8.98. The van der Waals surface area contributed by atoms with E-state index in [4.69, 9.17) is 27.8 Å². The van der Waals surface area contributed by atoms with Gasteiger partial charge in [-0.25, -0.2) is 0 Å². The van der Waals surface area contributed by atoms with Gasteiger partial charge < -0.3 is 27.8 Å². The summed E-state index contributed by atoms with van der Waals surface area (Å²) in [6, 6.07) is 11.4. The molecular weight excluding hydrogens is 436 g/mol. The Kier molecular flexibility index (Phi) is 5.31. The van der Waals surface area contributed by atoms with E-state index in [0.717, 1.165) is 57.8 Å². The van der Waals surface area contributed by atoms with Crippen LogP contribution in [-0.4, -0.2) is 44.4 Å². The first kappa shape index (κ1) is 21.3. The normalized spacial score (nSPS) is 19.0. The summed E-state index contributed by atoms with van der Waals surface area (Å²) in [6.07, 6.45) is 0.710. The Balaban J connectivity index is 1.21. The zero-order valence-electron chi connectivity index (χ0n) is 19.2. The Hall–Kier alpha value is -3.29. The molecule has 2 aromatic carbocycles. The molecular formula is C27H26O7. The summed E-state index contributed by atoms with van der Waals surface area (Å²) >= 11 is 0. The molecule has 2 aliphatic rings. The molecule has 34 heavy (non-hydrogen) atoms. The summed E-state index contributed by atoms with van der Waals surface area (Å²) in [7, 11) is 0. The molecule has 2 aromatic heterocycles. The number of Topliss-reactive ketones (excluding diaryl/α,β-unsaturated/α-hetero) is 1. The van der Waals surface area contributed by atoms with E-state index in [9.17, 15) is 4.79 Å². The maximum Gasteiger partial charge on any atom is 0.147 e. The lowest BCUT2D eigenvalue weighted by Crippen LogP contribution is -2.07. The van der Waals surface area contributed by atoms with Crippen LogP contribution in [0.25, 0.3) is 21.9 Å². The third kappa shape index (κ3) is 4.17. The van der Waals surface area contributed by atoms with Gasteiger partial charge in [-0.1, -0.05) is 12.1 Å². The molecule has 0 spiro atoms. The lowest BCUT2D eigenvalue weighted by Gasteiger charge is -2.06. The van der Waals surface area contributed by atoms with Crippen molar-refractivity contribution in [3.8, 4) is 11.5 Å². The number of fused-ring (bicyclic) bond motifs is 2. The van der Waals surface area contributed by atoms with Crippen molar-refractivity contribution in [3.63, 3.8) is 0 Å². The predicted molar refractivity (Wildman–Crippen MR) is 125 cm³/mol. The van der Waals surface area contributed by atoms with Crippen molar-refractivity contribution < 1.29 is 32.6 Å². The molecule has 176 valence electrons. The molecule has 2 saturated heterocycles. The monoisotopic (exact) mass is 462 g/mol. The van der Waals surface area contributed by atoms with Crippen molar-refractivity contribution in [3.05, 3.63) is 59.0 Å². The zero-order chi connectivity index (χ0) is 23.2. The quantitative estimate of drug-likeness (QED) is 0.316. The van der Waals surface area contributed by atoms with E-state index in [1.165, 1.54) is 0 Å². The van der Waals surface area contributed by atoms with Crippen LogP contribution in [0.3, 0.4) is 0 Å². The van der Waals surface area contributed by atoms with Gasteiger partial charge in [0.15, 0.2) is 0 Å². The number of carbonyl (C=O) groups excluding carboxylic acids is 1. The van der Waals surface area contributed by atoms with Gasteiger partial charge in [-0.3, -0.25) is 4.79 Å². The average Bonchev–Trinajstić information content (AvgIpc) is 3.75. The molecule has 2 aliphatic heterocycles. The number of ether oxygens (including phenoxy) is 4. The highest BCUT2D eigenvalue weighted by Gasteiger charge is 2.26. The molecule has 4 aromatic rings. The molecule has 4 heterocycles. The van der Waals surface area contributed by atoms with Crippen molar-refractivity contribution in [2.24, 2.45) is 0 Å². The van der Waals surface area contributed by atoms with Gasteiger partial charge in [0.1, 0.15) is 65.4 Å². The molecule has 0 saturated carbocycles. The summed E-state index contributed by atoms with van der Waals surface area (Å²) in [4.78, 5) is 13.0. The predicted octanol–water partition coefficient (Wildman–Crippen LogP) is 4.71. The largest absolute Gasteiger partial charge is 0.490 e. The van der Waals surface area contributed by atoms with Crippen molar-refractivity contribution in [1.82, 2.24) is 0 Å². The number of aryl methyl sites for hydroxylation is 2. The summed E-state index contributed by atoms with van der Waals surface area (Å²) in [5.41, 5.74) is 3.29. The standard InChI is InChI=1S/C27H26O7/c1-15-24(33-22-7-3-5-20(26(15)22)31-13-18-11-29-18)9-17(28)10-25-16(2)27-21(32-14-19-12-30-19)6-4-8-23(27)34-25/h3-8,18-19H,9-14H2,1-2H3/t18-,19-/m0/s1. The van der Waals surface area contributed by atoms with E-state index < -0.39 is 0 Å². The number of furan rings is 2. The number of hydrogen-bond donors (Lipinski definition) is 0. The lowest BCUT2D eigenvalue weighted by atomic mass is 10.0. The minimum atomic E-state index is 0.0204. The number of ketones is 1. The Bertz CT molecular complexity index is 1270. The number of rotatable bonds is 10. The Morgan fingerprint density at radius 2 is 1.24 bits per heavy atom. The smallest absolute Gasteiger partial charge is 0.147 e. The first-order valence-electron chi connectivity index (χ1n) is 11.6. The van der Waals surface area contributed by atoms with Crippen LogP contribution >= 0.6 is 0 Å². The van der Waals surface area contributed by atoms with E-state index in [1.54, 1.807) is 0 Å². The fourth-order valence-corrected chi connectivity index (χ4v) is 4.32. The number of hydrogen-bond acceptors (Lipinski definition) is 7. The molecule has 0 radical (unpaired) electrons. The fourth-order valence-electron chi connectivity index (χ4n) is 4.32. The highest BCUT2D eigenvalue weighted by Crippen LogP contribution is 2.36. The molecule has 0 aliphatic carbocycles. The lowest BCUT2D eigenvalue weighted by molar-refractivity contribution is -0.118. The average molecular weight is 462 g/mol. The van der Waals surface area contributed by atoms with Gasteiger partial charge in [-0.2, -0.15) is 0 Å². The first-order valence-corrected chi connectivity index (χ1v) is 11.6. The number of epoxide rings is 2. The molecule has 7 nitrogen and oxygen atoms in total. The summed E-state index contributed by atoms with van der Waals surface area (Å²) in [6.45, 7) is 6.45. The van der Waals surface area contributed by atoms with E-state index in [0.29, 0.717) is 24.7 Å². The fraction of sp³-hybridized carbons (Fsp3) is 0.370. The van der Waals surface area contributed by atoms with Gasteiger partial charge in [0.05, 0.1) is 36.8 Å². The molecule has 0 unspecified atom stereocenters. The Morgan fingerprint density at radius 3 is 1.65 bits per heavy atom. The van der Waals surface area contributed by atoms with Crippen LogP contribution in [0.2, 0.25) is 0 Å². The molecule has 0 bridgehead atoms. The Morgan fingerprint density at radius 1 is 0.794 bits per heavy atom. The molecule has 2 atom stereocenters. The number of benzene rings is 2. The van der Waals surface area contributed by atoms with Crippen molar-refractivity contribution in [1.29, 1.82) is 0 Å². The summed E-state index contributed by atoms with van der Waals surface area (Å²) in [5.74, 6) is 2.84. The van der Waals surface area contributed by atoms with Crippen molar-refractivity contribution in [2.45, 2.75) is 38.9 Å². The maximum atomic E-state index is 13.0.